The maximum absolute atomic E-state index is 8.44. The van der Waals surface area contributed by atoms with Crippen LogP contribution < -0.4 is 10.1 Å². The van der Waals surface area contributed by atoms with Crippen LogP contribution in [-0.4, -0.2) is 13.2 Å². The van der Waals surface area contributed by atoms with Crippen molar-refractivity contribution in [2.24, 2.45) is 0 Å². The van der Waals surface area contributed by atoms with Gasteiger partial charge in [0.15, 0.2) is 0 Å². The summed E-state index contributed by atoms with van der Waals surface area (Å²) in [7, 11) is 0. The van der Waals surface area contributed by atoms with E-state index in [0.717, 1.165) is 40.6 Å². The highest BCUT2D eigenvalue weighted by atomic mass is 79.9. The summed E-state index contributed by atoms with van der Waals surface area (Å²) in [5, 5.41) is 11.8. The van der Waals surface area contributed by atoms with Crippen LogP contribution in [0.15, 0.2) is 21.1 Å². The van der Waals surface area contributed by atoms with E-state index in [1.165, 1.54) is 5.56 Å². The third-order valence-electron chi connectivity index (χ3n) is 2.57. The van der Waals surface area contributed by atoms with Gasteiger partial charge in [0.1, 0.15) is 5.75 Å². The molecule has 1 rings (SSSR count). The standard InChI is InChI=1S/C14H18Br2N2O/c1-2-19-14-12(15)8-11(9-13(14)16)10-18-7-5-3-4-6-17/h8-9,18H,2-5,7,10H2,1H3. The molecule has 3 nitrogen and oxygen atoms in total. The molecule has 1 aromatic rings. The lowest BCUT2D eigenvalue weighted by atomic mass is 10.2. The molecule has 0 fully saturated rings. The lowest BCUT2D eigenvalue weighted by Gasteiger charge is -2.11. The fraction of sp³-hybridized carbons (Fsp3) is 0.500. The Hall–Kier alpha value is -0.570. The lowest BCUT2D eigenvalue weighted by Crippen LogP contribution is -2.14. The van der Waals surface area contributed by atoms with Crippen LogP contribution in [0.5, 0.6) is 5.75 Å². The van der Waals surface area contributed by atoms with Crippen molar-refractivity contribution in [3.05, 3.63) is 26.6 Å². The van der Waals surface area contributed by atoms with Crippen molar-refractivity contribution >= 4 is 31.9 Å². The number of hydrogen-bond acceptors (Lipinski definition) is 3. The third-order valence-corrected chi connectivity index (χ3v) is 3.75. The van der Waals surface area contributed by atoms with Gasteiger partial charge in [-0.2, -0.15) is 5.26 Å². The number of hydrogen-bond donors (Lipinski definition) is 1. The molecule has 5 heteroatoms. The van der Waals surface area contributed by atoms with Gasteiger partial charge in [0, 0.05) is 13.0 Å². The van der Waals surface area contributed by atoms with Gasteiger partial charge in [-0.1, -0.05) is 0 Å². The Labute approximate surface area is 131 Å². The second kappa shape index (κ2) is 9.35. The topological polar surface area (TPSA) is 45.0 Å². The summed E-state index contributed by atoms with van der Waals surface area (Å²) >= 11 is 7.05. The normalized spacial score (nSPS) is 10.2. The first-order chi connectivity index (χ1) is 9.19. The molecule has 1 N–H and O–H groups in total. The van der Waals surface area contributed by atoms with E-state index in [4.69, 9.17) is 10.00 Å². The number of nitrogens with one attached hydrogen (secondary N) is 1. The van der Waals surface area contributed by atoms with Crippen molar-refractivity contribution in [2.75, 3.05) is 13.2 Å². The molecule has 0 saturated carbocycles. The zero-order chi connectivity index (χ0) is 14.1. The molecule has 0 aromatic heterocycles. The molecular weight excluding hydrogens is 372 g/mol. The molecule has 0 unspecified atom stereocenters. The fourth-order valence-corrected chi connectivity index (χ4v) is 3.19. The van der Waals surface area contributed by atoms with Crippen LogP contribution in [0.3, 0.4) is 0 Å². The van der Waals surface area contributed by atoms with Gasteiger partial charge in [0.05, 0.1) is 21.6 Å². The van der Waals surface area contributed by atoms with Gasteiger partial charge in [0.2, 0.25) is 0 Å². The van der Waals surface area contributed by atoms with E-state index < -0.39 is 0 Å². The molecule has 0 saturated heterocycles. The van der Waals surface area contributed by atoms with Crippen molar-refractivity contribution < 1.29 is 4.74 Å². The van der Waals surface area contributed by atoms with Gasteiger partial charge < -0.3 is 10.1 Å². The molecule has 0 aliphatic rings. The fourth-order valence-electron chi connectivity index (χ4n) is 1.68. The Bertz CT molecular complexity index is 421. The molecule has 0 atom stereocenters. The third kappa shape index (κ3) is 5.94. The number of ether oxygens (including phenoxy) is 1. The number of nitrogens with zero attached hydrogens (tertiary/aromatic N) is 1. The average Bonchev–Trinajstić information content (AvgIpc) is 2.38. The molecule has 0 amide bonds. The van der Waals surface area contributed by atoms with Crippen LogP contribution in [0.25, 0.3) is 0 Å². The van der Waals surface area contributed by atoms with Crippen LogP contribution in [0.1, 0.15) is 31.7 Å². The summed E-state index contributed by atoms with van der Waals surface area (Å²) in [6.45, 7) is 4.36. The second-order valence-corrected chi connectivity index (χ2v) is 5.82. The summed E-state index contributed by atoms with van der Waals surface area (Å²) in [4.78, 5) is 0. The molecule has 0 aliphatic heterocycles. The predicted octanol–water partition coefficient (Wildman–Crippen LogP) is 4.39. The Balaban J connectivity index is 2.45. The smallest absolute Gasteiger partial charge is 0.147 e. The molecule has 0 aliphatic carbocycles. The molecule has 1 aromatic carbocycles. The first kappa shape index (κ1) is 16.5. The summed E-state index contributed by atoms with van der Waals surface area (Å²) in [6, 6.07) is 6.29. The number of benzene rings is 1. The highest BCUT2D eigenvalue weighted by Crippen LogP contribution is 2.34. The van der Waals surface area contributed by atoms with E-state index in [9.17, 15) is 0 Å². The summed E-state index contributed by atoms with van der Waals surface area (Å²) in [6.07, 6.45) is 2.63. The Morgan fingerprint density at radius 1 is 1.26 bits per heavy atom. The zero-order valence-electron chi connectivity index (χ0n) is 11.0. The van der Waals surface area contributed by atoms with Crippen molar-refractivity contribution in [3.63, 3.8) is 0 Å². The van der Waals surface area contributed by atoms with Crippen molar-refractivity contribution in [2.45, 2.75) is 32.7 Å². The van der Waals surface area contributed by atoms with E-state index in [1.807, 2.05) is 6.92 Å². The number of nitriles is 1. The van der Waals surface area contributed by atoms with Crippen molar-refractivity contribution in [1.82, 2.24) is 5.32 Å². The number of rotatable bonds is 8. The minimum Gasteiger partial charge on any atom is -0.492 e. The quantitative estimate of drug-likeness (QED) is 0.670. The molecule has 0 spiro atoms. The van der Waals surface area contributed by atoms with Crippen LogP contribution in [-0.2, 0) is 6.54 Å². The van der Waals surface area contributed by atoms with Gasteiger partial charge in [0.25, 0.3) is 0 Å². The van der Waals surface area contributed by atoms with Crippen LogP contribution in [0.2, 0.25) is 0 Å². The summed E-state index contributed by atoms with van der Waals surface area (Å²) < 4.78 is 7.47. The SMILES string of the molecule is CCOc1c(Br)cc(CNCCCCC#N)cc1Br. The van der Waals surface area contributed by atoms with Gasteiger partial charge >= 0.3 is 0 Å². The molecule has 0 bridgehead atoms. The minimum atomic E-state index is 0.641. The molecule has 0 radical (unpaired) electrons. The van der Waals surface area contributed by atoms with Crippen LogP contribution in [0.4, 0.5) is 0 Å². The van der Waals surface area contributed by atoms with Gasteiger partial charge in [-0.25, -0.2) is 0 Å². The number of halogens is 2. The molecule has 104 valence electrons. The van der Waals surface area contributed by atoms with E-state index in [1.54, 1.807) is 0 Å². The largest absolute Gasteiger partial charge is 0.492 e. The van der Waals surface area contributed by atoms with Crippen molar-refractivity contribution in [3.8, 4) is 11.8 Å². The monoisotopic (exact) mass is 388 g/mol. The van der Waals surface area contributed by atoms with E-state index >= 15 is 0 Å². The van der Waals surface area contributed by atoms with Gasteiger partial charge in [-0.3, -0.25) is 0 Å². The zero-order valence-corrected chi connectivity index (χ0v) is 14.2. The van der Waals surface area contributed by atoms with Crippen LogP contribution >= 0.6 is 31.9 Å². The van der Waals surface area contributed by atoms with Crippen LogP contribution in [0, 0.1) is 11.3 Å². The Kier molecular flexibility index (Phi) is 8.11. The van der Waals surface area contributed by atoms with Gasteiger partial charge in [-0.15, -0.1) is 0 Å². The maximum Gasteiger partial charge on any atom is 0.147 e. The van der Waals surface area contributed by atoms with E-state index in [2.05, 4.69) is 55.4 Å². The first-order valence-electron chi connectivity index (χ1n) is 6.37. The van der Waals surface area contributed by atoms with E-state index in [0.29, 0.717) is 13.0 Å². The number of unbranched alkanes of at least 4 members (excludes halogenated alkanes) is 2. The van der Waals surface area contributed by atoms with Gasteiger partial charge in [-0.05, 0) is 75.9 Å². The summed E-state index contributed by atoms with van der Waals surface area (Å²) in [5.74, 6) is 0.847. The predicted molar refractivity (Wildman–Crippen MR) is 84.2 cm³/mol. The second-order valence-electron chi connectivity index (χ2n) is 4.11. The average molecular weight is 390 g/mol. The minimum absolute atomic E-state index is 0.641. The highest BCUT2D eigenvalue weighted by Gasteiger charge is 2.08. The summed E-state index contributed by atoms with van der Waals surface area (Å²) in [5.41, 5.74) is 1.20. The Morgan fingerprint density at radius 2 is 1.95 bits per heavy atom. The first-order valence-corrected chi connectivity index (χ1v) is 7.96. The Morgan fingerprint density at radius 3 is 2.53 bits per heavy atom. The molecular formula is C14H18Br2N2O. The molecule has 19 heavy (non-hydrogen) atoms. The molecule has 0 heterocycles. The lowest BCUT2D eigenvalue weighted by molar-refractivity contribution is 0.336. The van der Waals surface area contributed by atoms with E-state index in [-0.39, 0.29) is 0 Å². The maximum atomic E-state index is 8.44. The highest BCUT2D eigenvalue weighted by molar-refractivity contribution is 9.11. The van der Waals surface area contributed by atoms with Crippen molar-refractivity contribution in [1.29, 1.82) is 5.26 Å².